The quantitative estimate of drug-likeness (QED) is 0.911. The number of rotatable bonds is 5. The third-order valence-corrected chi connectivity index (χ3v) is 4.18. The molecular formula is C14H19N3O2S. The lowest BCUT2D eigenvalue weighted by molar-refractivity contribution is -0.0295. The molecule has 1 atom stereocenters. The summed E-state index contributed by atoms with van der Waals surface area (Å²) < 4.78 is 11.3. The molecule has 0 saturated carbocycles. The summed E-state index contributed by atoms with van der Waals surface area (Å²) in [6, 6.07) is 4.03. The van der Waals surface area contributed by atoms with Crippen LogP contribution in [0.15, 0.2) is 28.2 Å². The Bertz CT molecular complexity index is 524. The van der Waals surface area contributed by atoms with E-state index in [1.54, 1.807) is 17.6 Å². The molecule has 1 aliphatic rings. The van der Waals surface area contributed by atoms with Crippen LogP contribution >= 0.6 is 11.3 Å². The Morgan fingerprint density at radius 2 is 2.50 bits per heavy atom. The van der Waals surface area contributed by atoms with Gasteiger partial charge in [-0.15, -0.1) is 11.3 Å². The highest BCUT2D eigenvalue weighted by Gasteiger charge is 2.21. The van der Waals surface area contributed by atoms with Gasteiger partial charge in [0.1, 0.15) is 6.26 Å². The monoisotopic (exact) mass is 293 g/mol. The number of nitrogens with one attached hydrogen (secondary N) is 1. The molecule has 1 saturated heterocycles. The van der Waals surface area contributed by atoms with Crippen molar-refractivity contribution in [2.75, 3.05) is 33.3 Å². The smallest absolute Gasteiger partial charge is 0.236 e. The first-order valence-electron chi connectivity index (χ1n) is 6.82. The maximum Gasteiger partial charge on any atom is 0.236 e. The predicted molar refractivity (Wildman–Crippen MR) is 78.8 cm³/mol. The number of likely N-dealkylation sites (N-methyl/N-ethyl adjacent to an activating group) is 1. The van der Waals surface area contributed by atoms with E-state index in [2.05, 4.69) is 15.2 Å². The highest BCUT2D eigenvalue weighted by Crippen LogP contribution is 2.24. The molecule has 0 bridgehead atoms. The van der Waals surface area contributed by atoms with Crippen molar-refractivity contribution in [3.8, 4) is 10.8 Å². The van der Waals surface area contributed by atoms with Gasteiger partial charge < -0.3 is 14.5 Å². The van der Waals surface area contributed by atoms with Crippen molar-refractivity contribution in [2.24, 2.45) is 0 Å². The minimum atomic E-state index is 0.261. The van der Waals surface area contributed by atoms with Gasteiger partial charge in [-0.25, -0.2) is 4.98 Å². The fourth-order valence-corrected chi connectivity index (χ4v) is 3.05. The third-order valence-electron chi connectivity index (χ3n) is 3.32. The van der Waals surface area contributed by atoms with Crippen LogP contribution in [0.4, 0.5) is 0 Å². The van der Waals surface area contributed by atoms with E-state index in [4.69, 9.17) is 9.15 Å². The van der Waals surface area contributed by atoms with Gasteiger partial charge in [0, 0.05) is 26.2 Å². The summed E-state index contributed by atoms with van der Waals surface area (Å²) in [6.45, 7) is 4.36. The second kappa shape index (κ2) is 6.49. The van der Waals surface area contributed by atoms with E-state index >= 15 is 0 Å². The van der Waals surface area contributed by atoms with Gasteiger partial charge >= 0.3 is 0 Å². The Labute approximate surface area is 122 Å². The van der Waals surface area contributed by atoms with Gasteiger partial charge in [0.2, 0.25) is 5.89 Å². The summed E-state index contributed by atoms with van der Waals surface area (Å²) in [5.41, 5.74) is 0.985. The molecule has 3 heterocycles. The van der Waals surface area contributed by atoms with Gasteiger partial charge in [-0.05, 0) is 18.5 Å². The first-order chi connectivity index (χ1) is 9.85. The Morgan fingerprint density at radius 1 is 1.55 bits per heavy atom. The maximum atomic E-state index is 5.70. The van der Waals surface area contributed by atoms with Crippen LogP contribution in [-0.2, 0) is 11.3 Å². The zero-order valence-electron chi connectivity index (χ0n) is 11.5. The fourth-order valence-electron chi connectivity index (χ4n) is 2.40. The van der Waals surface area contributed by atoms with Crippen molar-refractivity contribution in [3.63, 3.8) is 0 Å². The van der Waals surface area contributed by atoms with E-state index in [0.29, 0.717) is 0 Å². The van der Waals surface area contributed by atoms with Gasteiger partial charge in [0.25, 0.3) is 0 Å². The van der Waals surface area contributed by atoms with Crippen LogP contribution < -0.4 is 5.32 Å². The van der Waals surface area contributed by atoms with Crippen LogP contribution in [0.25, 0.3) is 10.8 Å². The van der Waals surface area contributed by atoms with Gasteiger partial charge in [0.05, 0.1) is 23.3 Å². The molecular weight excluding hydrogens is 274 g/mol. The molecule has 20 heavy (non-hydrogen) atoms. The molecule has 1 unspecified atom stereocenters. The fraction of sp³-hybridized carbons (Fsp3) is 0.500. The average molecular weight is 293 g/mol. The Morgan fingerprint density at radius 3 is 3.30 bits per heavy atom. The maximum absolute atomic E-state index is 5.70. The lowest BCUT2D eigenvalue weighted by atomic mass is 10.2. The number of nitrogens with zero attached hydrogens (tertiary/aromatic N) is 2. The Kier molecular flexibility index (Phi) is 4.47. The highest BCUT2D eigenvalue weighted by atomic mass is 32.1. The van der Waals surface area contributed by atoms with Gasteiger partial charge in [0.15, 0.2) is 0 Å². The van der Waals surface area contributed by atoms with E-state index in [0.717, 1.165) is 49.2 Å². The van der Waals surface area contributed by atoms with Gasteiger partial charge in [-0.3, -0.25) is 4.90 Å². The van der Waals surface area contributed by atoms with Gasteiger partial charge in [-0.2, -0.15) is 0 Å². The number of morpholine rings is 1. The normalized spacial score (nSPS) is 20.4. The van der Waals surface area contributed by atoms with Crippen LogP contribution in [0.3, 0.4) is 0 Å². The largest absolute Gasteiger partial charge is 0.444 e. The molecule has 3 rings (SSSR count). The van der Waals surface area contributed by atoms with Crippen molar-refractivity contribution in [2.45, 2.75) is 12.6 Å². The summed E-state index contributed by atoms with van der Waals surface area (Å²) in [7, 11) is 1.95. The van der Waals surface area contributed by atoms with E-state index in [-0.39, 0.29) is 6.10 Å². The van der Waals surface area contributed by atoms with Crippen molar-refractivity contribution >= 4 is 11.3 Å². The van der Waals surface area contributed by atoms with Crippen molar-refractivity contribution in [3.05, 3.63) is 29.5 Å². The minimum absolute atomic E-state index is 0.261. The van der Waals surface area contributed by atoms with E-state index in [1.165, 1.54) is 0 Å². The summed E-state index contributed by atoms with van der Waals surface area (Å²) >= 11 is 1.64. The van der Waals surface area contributed by atoms with Crippen LogP contribution in [0, 0.1) is 0 Å². The molecule has 1 N–H and O–H groups in total. The Balaban J connectivity index is 1.60. The van der Waals surface area contributed by atoms with Crippen LogP contribution in [0.2, 0.25) is 0 Å². The standard InChI is InChI=1S/C14H19N3O2S/c1-15-7-12-9-17(4-5-18-12)8-11-10-19-14(16-11)13-3-2-6-20-13/h2-3,6,10,12,15H,4-5,7-9H2,1H3. The summed E-state index contributed by atoms with van der Waals surface area (Å²) in [5.74, 6) is 0.718. The number of aromatic nitrogens is 1. The highest BCUT2D eigenvalue weighted by molar-refractivity contribution is 7.13. The molecule has 2 aromatic rings. The molecule has 1 aliphatic heterocycles. The number of hydrogen-bond acceptors (Lipinski definition) is 6. The molecule has 6 heteroatoms. The summed E-state index contributed by atoms with van der Waals surface area (Å²) in [4.78, 5) is 8.00. The number of thiophene rings is 1. The zero-order chi connectivity index (χ0) is 13.8. The molecule has 5 nitrogen and oxygen atoms in total. The molecule has 0 aliphatic carbocycles. The van der Waals surface area contributed by atoms with Crippen molar-refractivity contribution < 1.29 is 9.15 Å². The number of hydrogen-bond donors (Lipinski definition) is 1. The van der Waals surface area contributed by atoms with Crippen molar-refractivity contribution in [1.82, 2.24) is 15.2 Å². The number of ether oxygens (including phenoxy) is 1. The predicted octanol–water partition coefficient (Wildman–Crippen LogP) is 1.82. The zero-order valence-corrected chi connectivity index (χ0v) is 12.4. The molecule has 1 fully saturated rings. The second-order valence-corrected chi connectivity index (χ2v) is 5.85. The second-order valence-electron chi connectivity index (χ2n) is 4.91. The molecule has 2 aromatic heterocycles. The molecule has 108 valence electrons. The van der Waals surface area contributed by atoms with Crippen LogP contribution in [-0.4, -0.2) is 49.3 Å². The van der Waals surface area contributed by atoms with E-state index < -0.39 is 0 Å². The van der Waals surface area contributed by atoms with Crippen LogP contribution in [0.1, 0.15) is 5.69 Å². The lowest BCUT2D eigenvalue weighted by Crippen LogP contribution is -2.45. The summed E-state index contributed by atoms with van der Waals surface area (Å²) in [6.07, 6.45) is 2.02. The number of oxazole rings is 1. The van der Waals surface area contributed by atoms with E-state index in [1.807, 2.05) is 24.6 Å². The lowest BCUT2D eigenvalue weighted by Gasteiger charge is -2.32. The molecule has 0 spiro atoms. The SMILES string of the molecule is CNCC1CN(Cc2coc(-c3cccs3)n2)CCO1. The Hall–Kier alpha value is -1.21. The van der Waals surface area contributed by atoms with Gasteiger partial charge in [-0.1, -0.05) is 6.07 Å². The molecule has 0 radical (unpaired) electrons. The van der Waals surface area contributed by atoms with Crippen molar-refractivity contribution in [1.29, 1.82) is 0 Å². The first-order valence-corrected chi connectivity index (χ1v) is 7.70. The first kappa shape index (κ1) is 13.8. The molecule has 0 aromatic carbocycles. The topological polar surface area (TPSA) is 50.5 Å². The van der Waals surface area contributed by atoms with E-state index in [9.17, 15) is 0 Å². The third kappa shape index (κ3) is 3.27. The molecule has 0 amide bonds. The average Bonchev–Trinajstić information content (AvgIpc) is 3.10. The summed E-state index contributed by atoms with van der Waals surface area (Å²) in [5, 5.41) is 5.19. The minimum Gasteiger partial charge on any atom is -0.444 e. The van der Waals surface area contributed by atoms with Crippen LogP contribution in [0.5, 0.6) is 0 Å².